The van der Waals surface area contributed by atoms with E-state index in [1.165, 1.54) is 0 Å². The number of carbonyl (C=O) groups is 1. The minimum absolute atomic E-state index is 0.326. The van der Waals surface area contributed by atoms with Crippen molar-refractivity contribution in [3.63, 3.8) is 0 Å². The van der Waals surface area contributed by atoms with E-state index >= 15 is 0 Å². The highest BCUT2D eigenvalue weighted by Gasteiger charge is 2.55. The van der Waals surface area contributed by atoms with Crippen molar-refractivity contribution in [3.05, 3.63) is 0 Å². The van der Waals surface area contributed by atoms with Gasteiger partial charge >= 0.3 is 0 Å². The van der Waals surface area contributed by atoms with E-state index in [1.807, 2.05) is 0 Å². The first-order valence-corrected chi connectivity index (χ1v) is 3.24. The topological polar surface area (TPSA) is 17.1 Å². The Morgan fingerprint density at radius 3 is 2.00 bits per heavy atom. The lowest BCUT2D eigenvalue weighted by atomic mass is 10.5. The van der Waals surface area contributed by atoms with Crippen LogP contribution in [0.4, 0.5) is 0 Å². The Morgan fingerprint density at radius 2 is 2.00 bits per heavy atom. The standard InChI is InChI=1S/C4H3Cl3O/c5-3(8)2-1-4(2,6)7/h2H,1H2/t2-/m0/s1. The molecule has 1 aliphatic carbocycles. The van der Waals surface area contributed by atoms with Gasteiger partial charge in [-0.15, -0.1) is 23.2 Å². The van der Waals surface area contributed by atoms with Crippen LogP contribution in [0.15, 0.2) is 0 Å². The molecule has 0 aromatic heterocycles. The van der Waals surface area contributed by atoms with E-state index < -0.39 is 9.58 Å². The molecule has 0 radical (unpaired) electrons. The molecule has 1 nitrogen and oxygen atoms in total. The summed E-state index contributed by atoms with van der Waals surface area (Å²) in [4.78, 5) is 10.2. The molecule has 0 unspecified atom stereocenters. The van der Waals surface area contributed by atoms with Crippen LogP contribution in [0.2, 0.25) is 0 Å². The third kappa shape index (κ3) is 1.09. The minimum Gasteiger partial charge on any atom is -0.281 e. The minimum atomic E-state index is -0.848. The van der Waals surface area contributed by atoms with Gasteiger partial charge in [-0.2, -0.15) is 0 Å². The number of alkyl halides is 2. The molecule has 1 aliphatic rings. The molecule has 0 heterocycles. The first kappa shape index (κ1) is 6.66. The largest absolute Gasteiger partial charge is 0.281 e. The molecular formula is C4H3Cl3O. The van der Waals surface area contributed by atoms with Gasteiger partial charge in [0.05, 0.1) is 5.92 Å². The number of rotatable bonds is 1. The highest BCUT2D eigenvalue weighted by atomic mass is 35.5. The first-order chi connectivity index (χ1) is 3.54. The second kappa shape index (κ2) is 1.76. The van der Waals surface area contributed by atoms with Gasteiger partial charge in [-0.05, 0) is 18.0 Å². The number of hydrogen-bond acceptors (Lipinski definition) is 1. The van der Waals surface area contributed by atoms with Gasteiger partial charge in [0.25, 0.3) is 0 Å². The van der Waals surface area contributed by atoms with Gasteiger partial charge in [0, 0.05) is 0 Å². The molecule has 0 N–H and O–H groups in total. The zero-order valence-electron chi connectivity index (χ0n) is 3.83. The summed E-state index contributed by atoms with van der Waals surface area (Å²) in [5.74, 6) is -0.326. The van der Waals surface area contributed by atoms with Crippen LogP contribution in [0.25, 0.3) is 0 Å². The Morgan fingerprint density at radius 1 is 1.62 bits per heavy atom. The number of carbonyl (C=O) groups excluding carboxylic acids is 1. The van der Waals surface area contributed by atoms with Crippen LogP contribution in [0.5, 0.6) is 0 Å². The van der Waals surface area contributed by atoms with Gasteiger partial charge in [0.15, 0.2) is 0 Å². The average Bonchev–Trinajstić information content (AvgIpc) is 2.13. The molecule has 0 saturated heterocycles. The monoisotopic (exact) mass is 172 g/mol. The zero-order valence-corrected chi connectivity index (χ0v) is 6.09. The van der Waals surface area contributed by atoms with E-state index in [0.29, 0.717) is 6.42 Å². The first-order valence-electron chi connectivity index (χ1n) is 2.11. The molecule has 0 aromatic rings. The summed E-state index contributed by atoms with van der Waals surface area (Å²) >= 11 is 16.0. The quantitative estimate of drug-likeness (QED) is 0.437. The molecule has 0 spiro atoms. The van der Waals surface area contributed by atoms with Crippen LogP contribution >= 0.6 is 34.8 Å². The molecule has 8 heavy (non-hydrogen) atoms. The van der Waals surface area contributed by atoms with Crippen molar-refractivity contribution >= 4 is 40.0 Å². The average molecular weight is 173 g/mol. The fourth-order valence-electron chi connectivity index (χ4n) is 0.459. The highest BCUT2D eigenvalue weighted by molar-refractivity contribution is 6.67. The van der Waals surface area contributed by atoms with Crippen molar-refractivity contribution in [3.8, 4) is 0 Å². The van der Waals surface area contributed by atoms with Crippen LogP contribution in [0.3, 0.4) is 0 Å². The summed E-state index contributed by atoms with van der Waals surface area (Å²) in [6, 6.07) is 0. The Hall–Kier alpha value is 0.540. The van der Waals surface area contributed by atoms with Crippen molar-refractivity contribution in [1.82, 2.24) is 0 Å². The lowest BCUT2D eigenvalue weighted by Gasteiger charge is -1.88. The van der Waals surface area contributed by atoms with Crippen molar-refractivity contribution in [2.45, 2.75) is 10.8 Å². The molecular weight excluding hydrogens is 170 g/mol. The van der Waals surface area contributed by atoms with E-state index in [1.54, 1.807) is 0 Å². The van der Waals surface area contributed by atoms with E-state index in [-0.39, 0.29) is 5.92 Å². The lowest BCUT2D eigenvalue weighted by molar-refractivity contribution is -0.112. The van der Waals surface area contributed by atoms with Gasteiger partial charge in [0.1, 0.15) is 4.33 Å². The maximum atomic E-state index is 10.2. The number of hydrogen-bond donors (Lipinski definition) is 0. The molecule has 0 aromatic carbocycles. The van der Waals surface area contributed by atoms with E-state index in [0.717, 1.165) is 0 Å². The van der Waals surface area contributed by atoms with Gasteiger partial charge in [-0.1, -0.05) is 0 Å². The lowest BCUT2D eigenvalue weighted by Crippen LogP contribution is -1.96. The highest BCUT2D eigenvalue weighted by Crippen LogP contribution is 2.53. The van der Waals surface area contributed by atoms with Crippen LogP contribution in [0.1, 0.15) is 6.42 Å². The van der Waals surface area contributed by atoms with Crippen LogP contribution < -0.4 is 0 Å². The maximum absolute atomic E-state index is 10.2. The molecule has 1 atom stereocenters. The molecule has 0 bridgehead atoms. The molecule has 4 heteroatoms. The van der Waals surface area contributed by atoms with E-state index in [2.05, 4.69) is 0 Å². The molecule has 1 rings (SSSR count). The molecule has 1 fully saturated rings. The molecule has 46 valence electrons. The summed E-state index contributed by atoms with van der Waals surface area (Å²) < 4.78 is -0.848. The smallest absolute Gasteiger partial charge is 0.227 e. The zero-order chi connectivity index (χ0) is 6.36. The summed E-state index contributed by atoms with van der Waals surface area (Å²) in [5.41, 5.74) is 0. The van der Waals surface area contributed by atoms with Crippen molar-refractivity contribution < 1.29 is 4.79 Å². The SMILES string of the molecule is O=C(Cl)[C@@H]1CC1(Cl)Cl. The fraction of sp³-hybridized carbons (Fsp3) is 0.750. The maximum Gasteiger partial charge on any atom is 0.227 e. The molecule has 1 saturated carbocycles. The summed E-state index contributed by atoms with van der Waals surface area (Å²) in [6.45, 7) is 0. The van der Waals surface area contributed by atoms with Gasteiger partial charge < -0.3 is 0 Å². The predicted octanol–water partition coefficient (Wildman–Crippen LogP) is 1.95. The van der Waals surface area contributed by atoms with Crippen LogP contribution in [0, 0.1) is 5.92 Å². The van der Waals surface area contributed by atoms with Gasteiger partial charge in [-0.25, -0.2) is 0 Å². The van der Waals surface area contributed by atoms with Crippen LogP contribution in [-0.2, 0) is 4.79 Å². The summed E-state index contributed by atoms with van der Waals surface area (Å²) in [7, 11) is 0. The van der Waals surface area contributed by atoms with Gasteiger partial charge in [-0.3, -0.25) is 4.79 Å². The predicted molar refractivity (Wildman–Crippen MR) is 33.4 cm³/mol. The number of halogens is 3. The summed E-state index contributed by atoms with van der Waals surface area (Å²) in [6.07, 6.45) is 0.498. The third-order valence-electron chi connectivity index (χ3n) is 1.10. The Labute approximate surface area is 61.9 Å². The summed E-state index contributed by atoms with van der Waals surface area (Å²) in [5, 5.41) is -0.435. The van der Waals surface area contributed by atoms with Crippen molar-refractivity contribution in [2.75, 3.05) is 0 Å². The Kier molecular flexibility index (Phi) is 1.46. The second-order valence-corrected chi connectivity index (χ2v) is 3.74. The Bertz CT molecular complexity index is 131. The Balaban J connectivity index is 2.48. The van der Waals surface area contributed by atoms with Crippen LogP contribution in [-0.4, -0.2) is 9.58 Å². The third-order valence-corrected chi connectivity index (χ3v) is 2.20. The molecule has 0 amide bonds. The fourth-order valence-corrected chi connectivity index (χ4v) is 1.34. The van der Waals surface area contributed by atoms with E-state index in [4.69, 9.17) is 34.8 Å². The van der Waals surface area contributed by atoms with Crippen molar-refractivity contribution in [1.29, 1.82) is 0 Å². The van der Waals surface area contributed by atoms with Gasteiger partial charge in [0.2, 0.25) is 5.24 Å². The van der Waals surface area contributed by atoms with Crippen molar-refractivity contribution in [2.24, 2.45) is 5.92 Å². The molecule has 0 aliphatic heterocycles. The second-order valence-electron chi connectivity index (χ2n) is 1.82. The van der Waals surface area contributed by atoms with E-state index in [9.17, 15) is 4.79 Å². The normalized spacial score (nSPS) is 32.1.